The van der Waals surface area contributed by atoms with Crippen LogP contribution in [0.5, 0.6) is 0 Å². The van der Waals surface area contributed by atoms with Gasteiger partial charge in [-0.25, -0.2) is 4.99 Å². The van der Waals surface area contributed by atoms with Crippen molar-refractivity contribution in [3.8, 4) is 0 Å². The second-order valence-corrected chi connectivity index (χ2v) is 5.42. The van der Waals surface area contributed by atoms with Crippen LogP contribution in [0, 0.1) is 11.3 Å². The number of amides is 2. The summed E-state index contributed by atoms with van der Waals surface area (Å²) >= 11 is 0. The number of aliphatic imine (C=N–C) groups is 1. The molecule has 1 saturated heterocycles. The van der Waals surface area contributed by atoms with Gasteiger partial charge in [0.2, 0.25) is 5.91 Å². The van der Waals surface area contributed by atoms with Crippen molar-refractivity contribution in [2.24, 2.45) is 16.3 Å². The van der Waals surface area contributed by atoms with E-state index < -0.39 is 23.3 Å². The van der Waals surface area contributed by atoms with Crippen molar-refractivity contribution >= 4 is 17.8 Å². The van der Waals surface area contributed by atoms with E-state index in [-0.39, 0.29) is 35.5 Å². The Morgan fingerprint density at radius 1 is 1.22 bits per heavy atom. The summed E-state index contributed by atoms with van der Waals surface area (Å²) in [7, 11) is 0. The molecule has 0 aromatic rings. The summed E-state index contributed by atoms with van der Waals surface area (Å²) in [6.07, 6.45) is 2.02. The normalized spacial score (nSPS) is 25.3. The Balaban J connectivity index is 0.000000581. The Morgan fingerprint density at radius 3 is 2.09 bits per heavy atom. The number of nitrogens with zero attached hydrogens (tertiary/aromatic N) is 1. The molecule has 0 aromatic heterocycles. The van der Waals surface area contributed by atoms with E-state index in [1.807, 2.05) is 13.8 Å². The Morgan fingerprint density at radius 2 is 1.74 bits per heavy atom. The molecule has 2 heterocycles. The molecule has 2 unspecified atom stereocenters. The quantitative estimate of drug-likeness (QED) is 0.442. The van der Waals surface area contributed by atoms with Crippen molar-refractivity contribution in [3.05, 3.63) is 0 Å². The first-order valence-corrected chi connectivity index (χ1v) is 7.76. The van der Waals surface area contributed by atoms with Gasteiger partial charge in [-0.3, -0.25) is 9.59 Å². The molecule has 23 heavy (non-hydrogen) atoms. The van der Waals surface area contributed by atoms with Crippen LogP contribution in [0.1, 0.15) is 40.0 Å². The van der Waals surface area contributed by atoms with Gasteiger partial charge < -0.3 is 19.9 Å². The Hall–Kier alpha value is -0.470. The molecular weight excluding hydrogens is 311 g/mol. The minimum absolute atomic E-state index is 0. The smallest absolute Gasteiger partial charge is 0.846 e. The molecule has 0 saturated carbocycles. The van der Waals surface area contributed by atoms with Gasteiger partial charge in [-0.15, -0.1) is 0 Å². The molecule has 2 rings (SSSR count). The molecule has 0 bridgehead atoms. The molecule has 126 valence electrons. The largest absolute Gasteiger partial charge is 1.00 e. The average molecular weight is 336 g/mol. The fraction of sp³-hybridized carbons (Fsp3) is 0.800. The number of ether oxygens (including phenoxy) is 2. The first-order valence-electron chi connectivity index (χ1n) is 7.76. The number of carbonyl (C=O) groups excluding carboxylic acids is 2. The van der Waals surface area contributed by atoms with Gasteiger partial charge in [0, 0.05) is 0 Å². The fourth-order valence-corrected chi connectivity index (χ4v) is 2.74. The number of nitrogens with one attached hydrogen (secondary N) is 1. The molecule has 2 aliphatic heterocycles. The van der Waals surface area contributed by atoms with Gasteiger partial charge in [0.25, 0.3) is 5.91 Å². The van der Waals surface area contributed by atoms with Crippen LogP contribution in [0.15, 0.2) is 4.99 Å². The number of amidine groups is 1. The minimum Gasteiger partial charge on any atom is -0.846 e. The summed E-state index contributed by atoms with van der Waals surface area (Å²) in [6, 6.07) is -0.845. The molecular formula is C15H25N2NaO5. The van der Waals surface area contributed by atoms with Crippen molar-refractivity contribution in [1.29, 1.82) is 0 Å². The van der Waals surface area contributed by atoms with Gasteiger partial charge in [-0.05, 0) is 18.8 Å². The summed E-state index contributed by atoms with van der Waals surface area (Å²) < 4.78 is 9.89. The van der Waals surface area contributed by atoms with Gasteiger partial charge in [0.05, 0.1) is 32.4 Å². The van der Waals surface area contributed by atoms with Gasteiger partial charge >= 0.3 is 29.6 Å². The topological polar surface area (TPSA) is 100 Å². The van der Waals surface area contributed by atoms with E-state index >= 15 is 0 Å². The van der Waals surface area contributed by atoms with E-state index in [9.17, 15) is 14.7 Å². The number of rotatable bonds is 4. The zero-order chi connectivity index (χ0) is 16.6. The number of carbonyl (C=O) groups is 2. The predicted molar refractivity (Wildman–Crippen MR) is 79.0 cm³/mol. The van der Waals surface area contributed by atoms with E-state index in [0.29, 0.717) is 6.42 Å². The van der Waals surface area contributed by atoms with E-state index in [1.54, 1.807) is 6.92 Å². The van der Waals surface area contributed by atoms with Gasteiger partial charge in [-0.2, -0.15) is 0 Å². The van der Waals surface area contributed by atoms with Crippen molar-refractivity contribution in [3.63, 3.8) is 0 Å². The summed E-state index contributed by atoms with van der Waals surface area (Å²) in [5.74, 6) is -1.20. The van der Waals surface area contributed by atoms with Crippen molar-refractivity contribution < 1.29 is 53.7 Å². The molecule has 2 amide bonds. The molecule has 7 nitrogen and oxygen atoms in total. The zero-order valence-electron chi connectivity index (χ0n) is 14.5. The molecule has 8 heteroatoms. The molecule has 2 atom stereocenters. The predicted octanol–water partition coefficient (Wildman–Crippen LogP) is -2.77. The van der Waals surface area contributed by atoms with Gasteiger partial charge in [0.1, 0.15) is 5.41 Å². The zero-order valence-corrected chi connectivity index (χ0v) is 16.5. The maximum Gasteiger partial charge on any atom is 1.00 e. The van der Waals surface area contributed by atoms with E-state index in [2.05, 4.69) is 10.3 Å². The Kier molecular flexibility index (Phi) is 10.9. The molecule has 0 radical (unpaired) electrons. The van der Waals surface area contributed by atoms with Crippen LogP contribution in [0.4, 0.5) is 0 Å². The second kappa shape index (κ2) is 11.1. The summed E-state index contributed by atoms with van der Waals surface area (Å²) in [5.41, 5.74) is -1.15. The maximum atomic E-state index is 11.9. The van der Waals surface area contributed by atoms with E-state index in [1.165, 1.54) is 0 Å². The van der Waals surface area contributed by atoms with Crippen molar-refractivity contribution in [1.82, 2.24) is 5.32 Å². The van der Waals surface area contributed by atoms with Crippen LogP contribution in [0.25, 0.3) is 0 Å². The molecule has 2 aliphatic rings. The monoisotopic (exact) mass is 336 g/mol. The van der Waals surface area contributed by atoms with Crippen LogP contribution >= 0.6 is 0 Å². The summed E-state index contributed by atoms with van der Waals surface area (Å²) in [6.45, 7) is 8.73. The molecule has 0 spiro atoms. The van der Waals surface area contributed by atoms with Crippen LogP contribution in [-0.2, 0) is 19.1 Å². The van der Waals surface area contributed by atoms with Crippen LogP contribution in [0.3, 0.4) is 0 Å². The first kappa shape index (κ1) is 22.5. The molecule has 0 aliphatic carbocycles. The minimum atomic E-state index is -1.15. The van der Waals surface area contributed by atoms with Gasteiger partial charge in [-0.1, -0.05) is 27.2 Å². The third-order valence-electron chi connectivity index (χ3n) is 4.08. The SMILES string of the molecule is C1COCCO1.CCCC(C)C1(CC)C(=O)N=C([O-])NC1=O.[Na+]. The fourth-order valence-electron chi connectivity index (χ4n) is 2.74. The van der Waals surface area contributed by atoms with Crippen LogP contribution < -0.4 is 40.0 Å². The summed E-state index contributed by atoms with van der Waals surface area (Å²) in [4.78, 5) is 27.1. The number of hydrogen-bond donors (Lipinski definition) is 1. The average Bonchev–Trinajstić information content (AvgIpc) is 2.50. The second-order valence-electron chi connectivity index (χ2n) is 5.42. The number of hydrogen-bond acceptors (Lipinski definition) is 5. The third kappa shape index (κ3) is 5.83. The first-order chi connectivity index (χ1) is 10.5. The van der Waals surface area contributed by atoms with E-state index in [0.717, 1.165) is 39.3 Å². The molecule has 1 N–H and O–H groups in total. The van der Waals surface area contributed by atoms with E-state index in [4.69, 9.17) is 9.47 Å². The van der Waals surface area contributed by atoms with Gasteiger partial charge in [0.15, 0.2) is 0 Å². The maximum absolute atomic E-state index is 11.9. The molecule has 1 fully saturated rings. The van der Waals surface area contributed by atoms with Crippen molar-refractivity contribution in [2.45, 2.75) is 40.0 Å². The summed E-state index contributed by atoms with van der Waals surface area (Å²) in [5, 5.41) is 13.1. The Labute approximate surface area is 159 Å². The van der Waals surface area contributed by atoms with Crippen LogP contribution in [0.2, 0.25) is 0 Å². The third-order valence-corrected chi connectivity index (χ3v) is 4.08. The standard InChI is InChI=1S/C11H18N2O3.C4H8O2.Na/c1-4-6-7(3)11(5-2)8(14)12-10(16)13-9(11)15;1-2-6-4-3-5-1;/h7H,4-6H2,1-3H3,(H2,12,13,14,15,16);1-4H2;/q;;+1/p-1. The van der Waals surface area contributed by atoms with Crippen molar-refractivity contribution in [2.75, 3.05) is 26.4 Å². The van der Waals surface area contributed by atoms with Crippen LogP contribution in [-0.4, -0.2) is 44.3 Å². The molecule has 0 aromatic carbocycles. The Bertz CT molecular complexity index is 415.